The smallest absolute Gasteiger partial charge is 0.149 e. The Balaban J connectivity index is 2.04. The third-order valence-electron chi connectivity index (χ3n) is 3.75. The molecule has 0 bridgehead atoms. The highest BCUT2D eigenvalue weighted by molar-refractivity contribution is 8.33. The first-order valence-corrected chi connectivity index (χ1v) is 11.2. The van der Waals surface area contributed by atoms with Gasteiger partial charge in [0, 0.05) is 14.7 Å². The molecule has 0 aliphatic carbocycles. The van der Waals surface area contributed by atoms with Crippen molar-refractivity contribution >= 4 is 35.3 Å². The minimum atomic E-state index is -0.636. The van der Waals surface area contributed by atoms with E-state index in [1.54, 1.807) is 35.3 Å². The molecule has 0 fully saturated rings. The molecule has 0 radical (unpaired) electrons. The molecule has 0 saturated heterocycles. The molecule has 138 valence electrons. The maximum absolute atomic E-state index is 11.2. The quantitative estimate of drug-likeness (QED) is 0.246. The molecule has 0 aromatic heterocycles. The van der Waals surface area contributed by atoms with E-state index in [0.717, 1.165) is 14.7 Å². The number of rotatable bonds is 8. The summed E-state index contributed by atoms with van der Waals surface area (Å²) in [6.45, 7) is 1.95. The van der Waals surface area contributed by atoms with E-state index in [4.69, 9.17) is 0 Å². The second-order valence-corrected chi connectivity index (χ2v) is 10.6. The summed E-state index contributed by atoms with van der Waals surface area (Å²) in [6.07, 6.45) is 3.16. The minimum absolute atomic E-state index is 0.559. The van der Waals surface area contributed by atoms with Crippen LogP contribution in [0.2, 0.25) is 0 Å². The molecule has 4 heteroatoms. The third kappa shape index (κ3) is 5.69. The van der Waals surface area contributed by atoms with Gasteiger partial charge >= 0.3 is 0 Å². The van der Waals surface area contributed by atoms with Crippen LogP contribution in [0.25, 0.3) is 0 Å². The molecule has 1 atom stereocenters. The van der Waals surface area contributed by atoms with Crippen LogP contribution in [0.3, 0.4) is 0 Å². The summed E-state index contributed by atoms with van der Waals surface area (Å²) in [5.74, 6) is 0. The van der Waals surface area contributed by atoms with Crippen LogP contribution in [0.15, 0.2) is 118 Å². The van der Waals surface area contributed by atoms with Gasteiger partial charge in [-0.2, -0.15) is 0 Å². The molecule has 3 aromatic carbocycles. The number of benzene rings is 3. The van der Waals surface area contributed by atoms with Crippen LogP contribution in [0.1, 0.15) is 6.92 Å². The molecule has 0 spiro atoms. The topological polar surface area (TPSA) is 20.2 Å². The highest BCUT2D eigenvalue weighted by atomic mass is 32.3. The fourth-order valence-electron chi connectivity index (χ4n) is 2.50. The largest absolute Gasteiger partial charge is 0.386 e. The fraction of sp³-hybridized carbons (Fsp3) is 0.130. The second-order valence-electron chi connectivity index (χ2n) is 5.82. The van der Waals surface area contributed by atoms with E-state index in [9.17, 15) is 5.11 Å². The standard InChI is InChI=1S/C23H22OS3/c1-2-12-22(24)23(25-19-13-6-3-7-14-19,26-20-15-8-4-9-16-20)27-21-17-10-5-11-18-21/h2-18,22,24H,1H3/b12-2+. The zero-order valence-electron chi connectivity index (χ0n) is 15.1. The number of allylic oxidation sites excluding steroid dienone is 1. The molecule has 0 aliphatic rings. The molecule has 1 nitrogen and oxygen atoms in total. The van der Waals surface area contributed by atoms with Crippen LogP contribution in [0.5, 0.6) is 0 Å². The molecule has 3 aromatic rings. The maximum Gasteiger partial charge on any atom is 0.149 e. The van der Waals surface area contributed by atoms with Crippen molar-refractivity contribution in [2.45, 2.75) is 31.1 Å². The van der Waals surface area contributed by atoms with Gasteiger partial charge in [-0.25, -0.2) is 0 Å². The Morgan fingerprint density at radius 1 is 0.667 bits per heavy atom. The molecule has 0 saturated carbocycles. The van der Waals surface area contributed by atoms with Crippen LogP contribution in [-0.2, 0) is 0 Å². The number of thioether (sulfide) groups is 3. The lowest BCUT2D eigenvalue weighted by Crippen LogP contribution is -2.31. The summed E-state index contributed by atoms with van der Waals surface area (Å²) in [4.78, 5) is 3.40. The van der Waals surface area contributed by atoms with E-state index in [1.165, 1.54) is 0 Å². The second kappa shape index (κ2) is 10.1. The Labute approximate surface area is 174 Å². The van der Waals surface area contributed by atoms with Crippen LogP contribution in [0, 0.1) is 0 Å². The molecular weight excluding hydrogens is 388 g/mol. The Bertz CT molecular complexity index is 734. The van der Waals surface area contributed by atoms with Gasteiger partial charge in [0.15, 0.2) is 0 Å². The number of aliphatic hydroxyl groups is 1. The van der Waals surface area contributed by atoms with Gasteiger partial charge in [0.25, 0.3) is 0 Å². The predicted octanol–water partition coefficient (Wildman–Crippen LogP) is 6.95. The monoisotopic (exact) mass is 410 g/mol. The Kier molecular flexibility index (Phi) is 7.53. The summed E-state index contributed by atoms with van der Waals surface area (Å²) < 4.78 is -0.559. The third-order valence-corrected chi connectivity index (χ3v) is 8.35. The van der Waals surface area contributed by atoms with Gasteiger partial charge in [0.05, 0.1) is 0 Å². The van der Waals surface area contributed by atoms with Crippen molar-refractivity contribution in [2.75, 3.05) is 0 Å². The molecule has 0 heterocycles. The lowest BCUT2D eigenvalue weighted by molar-refractivity contribution is 0.233. The average molecular weight is 411 g/mol. The van der Waals surface area contributed by atoms with Crippen molar-refractivity contribution in [3.63, 3.8) is 0 Å². The first kappa shape index (κ1) is 20.2. The summed E-state index contributed by atoms with van der Waals surface area (Å²) in [6, 6.07) is 30.9. The zero-order chi connectivity index (χ0) is 19.0. The van der Waals surface area contributed by atoms with Gasteiger partial charge in [0.1, 0.15) is 9.52 Å². The highest BCUT2D eigenvalue weighted by Gasteiger charge is 2.40. The highest BCUT2D eigenvalue weighted by Crippen LogP contribution is 2.57. The molecule has 3 rings (SSSR count). The lowest BCUT2D eigenvalue weighted by Gasteiger charge is -2.35. The lowest BCUT2D eigenvalue weighted by atomic mass is 10.3. The van der Waals surface area contributed by atoms with Crippen LogP contribution >= 0.6 is 35.3 Å². The minimum Gasteiger partial charge on any atom is -0.386 e. The van der Waals surface area contributed by atoms with E-state index >= 15 is 0 Å². The van der Waals surface area contributed by atoms with Crippen LogP contribution in [0.4, 0.5) is 0 Å². The van der Waals surface area contributed by atoms with Gasteiger partial charge in [-0.15, -0.1) is 0 Å². The Morgan fingerprint density at radius 2 is 1.00 bits per heavy atom. The summed E-state index contributed by atoms with van der Waals surface area (Å²) in [5.41, 5.74) is 0. The first-order valence-electron chi connectivity index (χ1n) is 8.75. The molecule has 0 amide bonds. The van der Waals surface area contributed by atoms with E-state index in [2.05, 4.69) is 36.4 Å². The SMILES string of the molecule is C/C=C/C(O)C(Sc1ccccc1)(Sc1ccccc1)Sc1ccccc1. The Hall–Kier alpha value is -1.59. The van der Waals surface area contributed by atoms with Gasteiger partial charge in [-0.1, -0.05) is 102 Å². The molecule has 27 heavy (non-hydrogen) atoms. The van der Waals surface area contributed by atoms with Crippen molar-refractivity contribution in [1.29, 1.82) is 0 Å². The van der Waals surface area contributed by atoms with Gasteiger partial charge < -0.3 is 5.11 Å². The molecule has 1 unspecified atom stereocenters. The fourth-order valence-corrected chi connectivity index (χ4v) is 7.20. The van der Waals surface area contributed by atoms with Crippen LogP contribution in [-0.4, -0.2) is 14.6 Å². The number of hydrogen-bond acceptors (Lipinski definition) is 4. The van der Waals surface area contributed by atoms with Crippen molar-refractivity contribution in [1.82, 2.24) is 0 Å². The predicted molar refractivity (Wildman–Crippen MR) is 120 cm³/mol. The van der Waals surface area contributed by atoms with Crippen molar-refractivity contribution in [2.24, 2.45) is 0 Å². The van der Waals surface area contributed by atoms with Crippen molar-refractivity contribution < 1.29 is 5.11 Å². The normalized spacial score (nSPS) is 13.0. The van der Waals surface area contributed by atoms with Gasteiger partial charge in [0.2, 0.25) is 0 Å². The first-order chi connectivity index (χ1) is 13.2. The number of hydrogen-bond donors (Lipinski definition) is 1. The molecule has 0 aliphatic heterocycles. The summed E-state index contributed by atoms with van der Waals surface area (Å²) in [7, 11) is 0. The summed E-state index contributed by atoms with van der Waals surface area (Å²) >= 11 is 5.10. The zero-order valence-corrected chi connectivity index (χ0v) is 17.5. The van der Waals surface area contributed by atoms with Gasteiger partial charge in [-0.05, 0) is 43.3 Å². The van der Waals surface area contributed by atoms with Crippen LogP contribution < -0.4 is 0 Å². The average Bonchev–Trinajstić information content (AvgIpc) is 2.70. The van der Waals surface area contributed by atoms with E-state index < -0.39 is 9.52 Å². The van der Waals surface area contributed by atoms with E-state index in [0.29, 0.717) is 0 Å². The van der Waals surface area contributed by atoms with E-state index in [1.807, 2.05) is 73.7 Å². The number of aliphatic hydroxyl groups excluding tert-OH is 1. The Morgan fingerprint density at radius 3 is 1.30 bits per heavy atom. The van der Waals surface area contributed by atoms with Gasteiger partial charge in [-0.3, -0.25) is 0 Å². The molecule has 1 N–H and O–H groups in total. The molecular formula is C23H22OS3. The van der Waals surface area contributed by atoms with Crippen molar-refractivity contribution in [3.8, 4) is 0 Å². The van der Waals surface area contributed by atoms with E-state index in [-0.39, 0.29) is 0 Å². The maximum atomic E-state index is 11.2. The van der Waals surface area contributed by atoms with Crippen molar-refractivity contribution in [3.05, 3.63) is 103 Å². The summed E-state index contributed by atoms with van der Waals surface area (Å²) in [5, 5.41) is 11.2.